The van der Waals surface area contributed by atoms with Crippen molar-refractivity contribution >= 4 is 28.8 Å². The van der Waals surface area contributed by atoms with Gasteiger partial charge in [-0.2, -0.15) is 0 Å². The molecule has 6 nitrogen and oxygen atoms in total. The first-order chi connectivity index (χ1) is 11.5. The highest BCUT2D eigenvalue weighted by atomic mass is 32.1. The minimum Gasteiger partial charge on any atom is -0.366 e. The molecule has 0 aliphatic heterocycles. The molecule has 2 amide bonds. The van der Waals surface area contributed by atoms with E-state index in [0.29, 0.717) is 24.2 Å². The van der Waals surface area contributed by atoms with E-state index in [9.17, 15) is 9.59 Å². The number of nitrogens with one attached hydrogen (secondary N) is 1. The Morgan fingerprint density at radius 1 is 1.29 bits per heavy atom. The largest absolute Gasteiger partial charge is 0.366 e. The lowest BCUT2D eigenvalue weighted by Gasteiger charge is -2.18. The molecule has 24 heavy (non-hydrogen) atoms. The number of nitrogens with two attached hydrogens (primary N) is 1. The highest BCUT2D eigenvalue weighted by Crippen LogP contribution is 2.13. The smallest absolute Gasteiger partial charge is 0.248 e. The van der Waals surface area contributed by atoms with Gasteiger partial charge in [-0.05, 0) is 37.7 Å². The van der Waals surface area contributed by atoms with E-state index in [0.717, 1.165) is 23.8 Å². The van der Waals surface area contributed by atoms with Crippen LogP contribution in [0.15, 0.2) is 29.6 Å². The van der Waals surface area contributed by atoms with Crippen molar-refractivity contribution in [2.45, 2.75) is 26.8 Å². The molecule has 7 heteroatoms. The normalized spacial score (nSPS) is 10.8. The fraction of sp³-hybridized carbons (Fsp3) is 0.353. The van der Waals surface area contributed by atoms with Crippen molar-refractivity contribution in [2.75, 3.05) is 18.4 Å². The zero-order valence-corrected chi connectivity index (χ0v) is 14.7. The molecule has 0 aliphatic carbocycles. The standard InChI is InChI=1S/C17H22N4O2S/c1-3-21(10-16-19-12(2)11-24-16)9-8-15(22)20-14-6-4-13(5-7-14)17(18)23/h4-7,11H,3,8-10H2,1-2H3,(H2,18,23)(H,20,22). The Balaban J connectivity index is 1.81. The molecule has 0 spiro atoms. The van der Waals surface area contributed by atoms with Crippen molar-refractivity contribution in [3.63, 3.8) is 0 Å². The van der Waals surface area contributed by atoms with Crippen molar-refractivity contribution in [3.8, 4) is 0 Å². The van der Waals surface area contributed by atoms with Gasteiger partial charge in [-0.1, -0.05) is 6.92 Å². The number of aromatic nitrogens is 1. The number of hydrogen-bond donors (Lipinski definition) is 2. The quantitative estimate of drug-likeness (QED) is 0.768. The Bertz CT molecular complexity index is 697. The van der Waals surface area contributed by atoms with Crippen LogP contribution in [-0.2, 0) is 11.3 Å². The van der Waals surface area contributed by atoms with Gasteiger partial charge >= 0.3 is 0 Å². The van der Waals surface area contributed by atoms with E-state index >= 15 is 0 Å². The van der Waals surface area contributed by atoms with Crippen LogP contribution in [-0.4, -0.2) is 34.8 Å². The Morgan fingerprint density at radius 3 is 2.54 bits per heavy atom. The second-order valence-corrected chi connectivity index (χ2v) is 6.43. The van der Waals surface area contributed by atoms with Gasteiger partial charge in [0, 0.05) is 35.3 Å². The highest BCUT2D eigenvalue weighted by Gasteiger charge is 2.10. The van der Waals surface area contributed by atoms with Gasteiger partial charge in [0.25, 0.3) is 0 Å². The Kier molecular flexibility index (Phi) is 6.45. The number of thiazole rings is 1. The third-order valence-electron chi connectivity index (χ3n) is 3.58. The van der Waals surface area contributed by atoms with Crippen LogP contribution >= 0.6 is 11.3 Å². The van der Waals surface area contributed by atoms with Crippen molar-refractivity contribution in [3.05, 3.63) is 45.9 Å². The first-order valence-electron chi connectivity index (χ1n) is 7.81. The van der Waals surface area contributed by atoms with E-state index in [-0.39, 0.29) is 5.91 Å². The molecule has 0 bridgehead atoms. The number of amides is 2. The van der Waals surface area contributed by atoms with Crippen LogP contribution in [0, 0.1) is 6.92 Å². The minimum absolute atomic E-state index is 0.0596. The zero-order valence-electron chi connectivity index (χ0n) is 13.9. The Labute approximate surface area is 145 Å². The number of benzene rings is 1. The summed E-state index contributed by atoms with van der Waals surface area (Å²) in [6.07, 6.45) is 0.399. The van der Waals surface area contributed by atoms with Gasteiger partial charge in [-0.15, -0.1) is 11.3 Å². The summed E-state index contributed by atoms with van der Waals surface area (Å²) >= 11 is 1.64. The molecule has 0 fully saturated rings. The summed E-state index contributed by atoms with van der Waals surface area (Å²) in [4.78, 5) is 29.7. The summed E-state index contributed by atoms with van der Waals surface area (Å²) in [7, 11) is 0. The van der Waals surface area contributed by atoms with Crippen molar-refractivity contribution < 1.29 is 9.59 Å². The fourth-order valence-corrected chi connectivity index (χ4v) is 3.03. The van der Waals surface area contributed by atoms with Crippen LogP contribution in [0.25, 0.3) is 0 Å². The van der Waals surface area contributed by atoms with Gasteiger partial charge in [0.1, 0.15) is 5.01 Å². The van der Waals surface area contributed by atoms with Gasteiger partial charge < -0.3 is 11.1 Å². The Hall–Kier alpha value is -2.25. The topological polar surface area (TPSA) is 88.3 Å². The first kappa shape index (κ1) is 18.1. The first-order valence-corrected chi connectivity index (χ1v) is 8.69. The van der Waals surface area contributed by atoms with E-state index in [1.807, 2.05) is 12.3 Å². The summed E-state index contributed by atoms with van der Waals surface area (Å²) in [6.45, 7) is 6.34. The van der Waals surface area contributed by atoms with Crippen LogP contribution in [0.2, 0.25) is 0 Å². The van der Waals surface area contributed by atoms with Crippen molar-refractivity contribution in [1.29, 1.82) is 0 Å². The summed E-state index contributed by atoms with van der Waals surface area (Å²) < 4.78 is 0. The minimum atomic E-state index is -0.483. The fourth-order valence-electron chi connectivity index (χ4n) is 2.22. The van der Waals surface area contributed by atoms with Gasteiger partial charge in [0.2, 0.25) is 11.8 Å². The molecule has 0 unspecified atom stereocenters. The molecule has 0 saturated heterocycles. The van der Waals surface area contributed by atoms with Crippen LogP contribution in [0.3, 0.4) is 0 Å². The van der Waals surface area contributed by atoms with E-state index in [4.69, 9.17) is 5.73 Å². The van der Waals surface area contributed by atoms with Gasteiger partial charge in [0.15, 0.2) is 0 Å². The van der Waals surface area contributed by atoms with Crippen molar-refractivity contribution in [1.82, 2.24) is 9.88 Å². The van der Waals surface area contributed by atoms with Gasteiger partial charge in [0.05, 0.1) is 6.54 Å². The molecular weight excluding hydrogens is 324 g/mol. The zero-order chi connectivity index (χ0) is 17.5. The molecule has 2 aromatic rings. The number of primary amides is 1. The number of hydrogen-bond acceptors (Lipinski definition) is 5. The summed E-state index contributed by atoms with van der Waals surface area (Å²) in [5.74, 6) is -0.542. The number of anilines is 1. The van der Waals surface area contributed by atoms with Gasteiger partial charge in [-0.3, -0.25) is 14.5 Å². The van der Waals surface area contributed by atoms with Crippen molar-refractivity contribution in [2.24, 2.45) is 5.73 Å². The van der Waals surface area contributed by atoms with Crippen LogP contribution in [0.4, 0.5) is 5.69 Å². The van der Waals surface area contributed by atoms with Crippen LogP contribution in [0.5, 0.6) is 0 Å². The molecule has 0 aliphatic rings. The maximum Gasteiger partial charge on any atom is 0.248 e. The monoisotopic (exact) mass is 346 g/mol. The van der Waals surface area contributed by atoms with E-state index in [2.05, 4.69) is 22.1 Å². The summed E-state index contributed by atoms with van der Waals surface area (Å²) in [5, 5.41) is 5.92. The van der Waals surface area contributed by atoms with Crippen LogP contribution < -0.4 is 11.1 Å². The molecule has 3 N–H and O–H groups in total. The Morgan fingerprint density at radius 2 is 2.00 bits per heavy atom. The molecule has 128 valence electrons. The molecule has 1 heterocycles. The molecule has 0 radical (unpaired) electrons. The molecular formula is C17H22N4O2S. The van der Waals surface area contributed by atoms with E-state index in [1.54, 1.807) is 35.6 Å². The average molecular weight is 346 g/mol. The third-order valence-corrected chi connectivity index (χ3v) is 4.53. The second kappa shape index (κ2) is 8.56. The summed E-state index contributed by atoms with van der Waals surface area (Å²) in [6, 6.07) is 6.55. The van der Waals surface area contributed by atoms with Crippen LogP contribution in [0.1, 0.15) is 34.4 Å². The summed E-state index contributed by atoms with van der Waals surface area (Å²) in [5.41, 5.74) is 7.30. The second-order valence-electron chi connectivity index (χ2n) is 5.49. The lowest BCUT2D eigenvalue weighted by Crippen LogP contribution is -2.27. The average Bonchev–Trinajstić information content (AvgIpc) is 2.97. The maximum atomic E-state index is 12.1. The number of nitrogens with zero attached hydrogens (tertiary/aromatic N) is 2. The lowest BCUT2D eigenvalue weighted by atomic mass is 10.2. The number of carbonyl (C=O) groups is 2. The molecule has 0 atom stereocenters. The van der Waals surface area contributed by atoms with Gasteiger partial charge in [-0.25, -0.2) is 4.98 Å². The predicted octanol–water partition coefficient (Wildman–Crippen LogP) is 2.40. The number of carbonyl (C=O) groups excluding carboxylic acids is 2. The highest BCUT2D eigenvalue weighted by molar-refractivity contribution is 7.09. The molecule has 2 rings (SSSR count). The number of aryl methyl sites for hydroxylation is 1. The molecule has 1 aromatic carbocycles. The lowest BCUT2D eigenvalue weighted by molar-refractivity contribution is -0.116. The van der Waals surface area contributed by atoms with E-state index < -0.39 is 5.91 Å². The molecule has 0 saturated carbocycles. The maximum absolute atomic E-state index is 12.1. The van der Waals surface area contributed by atoms with E-state index in [1.165, 1.54) is 0 Å². The number of rotatable bonds is 8. The molecule has 1 aromatic heterocycles. The third kappa shape index (κ3) is 5.43. The predicted molar refractivity (Wildman–Crippen MR) is 96.0 cm³/mol. The SMILES string of the molecule is CCN(CCC(=O)Nc1ccc(C(N)=O)cc1)Cc1nc(C)cs1.